The van der Waals surface area contributed by atoms with Gasteiger partial charge in [0.25, 0.3) is 5.69 Å². The Kier molecular flexibility index (Phi) is 2.81. The van der Waals surface area contributed by atoms with Gasteiger partial charge >= 0.3 is 0 Å². The summed E-state index contributed by atoms with van der Waals surface area (Å²) in [6.07, 6.45) is 0. The van der Waals surface area contributed by atoms with E-state index in [-0.39, 0.29) is 5.69 Å². The predicted octanol–water partition coefficient (Wildman–Crippen LogP) is 1.23. The molecule has 0 atom stereocenters. The van der Waals surface area contributed by atoms with Crippen molar-refractivity contribution in [3.05, 3.63) is 33.9 Å². The summed E-state index contributed by atoms with van der Waals surface area (Å²) in [4.78, 5) is 9.98. The van der Waals surface area contributed by atoms with Crippen molar-refractivity contribution in [2.24, 2.45) is 0 Å². The molecule has 0 heterocycles. The van der Waals surface area contributed by atoms with Gasteiger partial charge in [-0.2, -0.15) is 0 Å². The average molecular weight is 183 g/mol. The van der Waals surface area contributed by atoms with E-state index in [4.69, 9.17) is 9.84 Å². The van der Waals surface area contributed by atoms with Crippen molar-refractivity contribution >= 4 is 5.69 Å². The lowest BCUT2D eigenvalue weighted by atomic mass is 10.2. The molecule has 0 aromatic heterocycles. The molecule has 0 spiro atoms. The number of aryl methyl sites for hydroxylation is 1. The van der Waals surface area contributed by atoms with Crippen LogP contribution in [0.2, 0.25) is 0 Å². The van der Waals surface area contributed by atoms with Crippen LogP contribution >= 0.6 is 0 Å². The lowest BCUT2D eigenvalue weighted by Gasteiger charge is -2.02. The highest BCUT2D eigenvalue weighted by Gasteiger charge is 2.10. The van der Waals surface area contributed by atoms with Crippen LogP contribution in [0.5, 0.6) is 5.75 Å². The quantitative estimate of drug-likeness (QED) is 0.434. The van der Waals surface area contributed by atoms with Crippen LogP contribution in [0, 0.1) is 17.0 Å². The number of benzene rings is 1. The highest BCUT2D eigenvalue weighted by atomic mass is 16.6. The Labute approximate surface area is 74.7 Å². The second-order valence-corrected chi connectivity index (χ2v) is 2.48. The maximum Gasteiger partial charge on any atom is 0.276 e. The van der Waals surface area contributed by atoms with Gasteiger partial charge in [-0.1, -0.05) is 0 Å². The molecule has 0 radical (unpaired) electrons. The zero-order valence-electron chi connectivity index (χ0n) is 7.06. The van der Waals surface area contributed by atoms with E-state index in [1.165, 1.54) is 6.07 Å². The number of aliphatic hydroxyl groups is 1. The molecule has 0 fully saturated rings. The molecule has 0 aliphatic heterocycles. The smallest absolute Gasteiger partial charge is 0.276 e. The number of nitro groups is 1. The zero-order chi connectivity index (χ0) is 9.84. The molecule has 1 N–H and O–H groups in total. The molecule has 0 aliphatic carbocycles. The predicted molar refractivity (Wildman–Crippen MR) is 45.5 cm³/mol. The number of ether oxygens (including phenoxy) is 1. The minimum Gasteiger partial charge on any atom is -0.468 e. The molecule has 0 saturated carbocycles. The van der Waals surface area contributed by atoms with E-state index in [1.54, 1.807) is 19.1 Å². The van der Waals surface area contributed by atoms with Gasteiger partial charge in [0.1, 0.15) is 5.75 Å². The molecule has 0 amide bonds. The lowest BCUT2D eigenvalue weighted by Crippen LogP contribution is -1.97. The molecule has 1 aromatic rings. The molecule has 0 aliphatic rings. The van der Waals surface area contributed by atoms with Gasteiger partial charge < -0.3 is 9.84 Å². The second-order valence-electron chi connectivity index (χ2n) is 2.48. The van der Waals surface area contributed by atoms with Crippen LogP contribution in [0.1, 0.15) is 5.56 Å². The first-order valence-corrected chi connectivity index (χ1v) is 3.64. The first-order valence-electron chi connectivity index (χ1n) is 3.64. The third-order valence-electron chi connectivity index (χ3n) is 1.61. The van der Waals surface area contributed by atoms with Gasteiger partial charge in [-0.25, -0.2) is 0 Å². The van der Waals surface area contributed by atoms with Crippen LogP contribution in [0.25, 0.3) is 0 Å². The molecule has 13 heavy (non-hydrogen) atoms. The van der Waals surface area contributed by atoms with Crippen molar-refractivity contribution in [2.45, 2.75) is 6.92 Å². The van der Waals surface area contributed by atoms with Gasteiger partial charge in [0, 0.05) is 5.56 Å². The SMILES string of the molecule is Cc1ccc(OCO)cc1[N+](=O)[O-]. The van der Waals surface area contributed by atoms with Gasteiger partial charge in [0.15, 0.2) is 6.79 Å². The highest BCUT2D eigenvalue weighted by molar-refractivity contribution is 5.45. The molecular formula is C8H9NO4. The molecule has 1 rings (SSSR count). The number of hydrogen-bond donors (Lipinski definition) is 1. The molecule has 1 aromatic carbocycles. The highest BCUT2D eigenvalue weighted by Crippen LogP contribution is 2.23. The first kappa shape index (κ1) is 9.47. The Bertz CT molecular complexity index is 324. The number of hydrogen-bond acceptors (Lipinski definition) is 4. The van der Waals surface area contributed by atoms with Gasteiger partial charge in [0.2, 0.25) is 0 Å². The fourth-order valence-corrected chi connectivity index (χ4v) is 0.950. The summed E-state index contributed by atoms with van der Waals surface area (Å²) < 4.78 is 4.70. The summed E-state index contributed by atoms with van der Waals surface area (Å²) in [6.45, 7) is 1.15. The fraction of sp³-hybridized carbons (Fsp3) is 0.250. The maximum atomic E-state index is 10.5. The van der Waals surface area contributed by atoms with Crippen molar-refractivity contribution in [1.29, 1.82) is 0 Å². The Hall–Kier alpha value is -1.62. The number of nitrogens with zero attached hydrogens (tertiary/aromatic N) is 1. The Balaban J connectivity index is 3.04. The zero-order valence-corrected chi connectivity index (χ0v) is 7.06. The van der Waals surface area contributed by atoms with Crippen LogP contribution in [0.4, 0.5) is 5.69 Å². The summed E-state index contributed by atoms with van der Waals surface area (Å²) in [6, 6.07) is 4.42. The van der Waals surface area contributed by atoms with Crippen molar-refractivity contribution < 1.29 is 14.8 Å². The van der Waals surface area contributed by atoms with Crippen molar-refractivity contribution in [3.8, 4) is 5.75 Å². The van der Waals surface area contributed by atoms with Crippen LogP contribution in [-0.4, -0.2) is 16.8 Å². The monoisotopic (exact) mass is 183 g/mol. The van der Waals surface area contributed by atoms with Crippen molar-refractivity contribution in [1.82, 2.24) is 0 Å². The summed E-state index contributed by atoms with van der Waals surface area (Å²) in [5, 5.41) is 18.9. The molecule has 0 saturated heterocycles. The maximum absolute atomic E-state index is 10.5. The van der Waals surface area contributed by atoms with Gasteiger partial charge in [-0.05, 0) is 19.1 Å². The number of nitro benzene ring substituents is 1. The minimum absolute atomic E-state index is 0.00838. The standard InChI is InChI=1S/C8H9NO4/c1-6-2-3-7(13-5-10)4-8(6)9(11)12/h2-4,10H,5H2,1H3. The Morgan fingerprint density at radius 3 is 2.85 bits per heavy atom. The topological polar surface area (TPSA) is 72.6 Å². The fourth-order valence-electron chi connectivity index (χ4n) is 0.950. The summed E-state index contributed by atoms with van der Waals surface area (Å²) >= 11 is 0. The first-order chi connectivity index (χ1) is 6.15. The van der Waals surface area contributed by atoms with Crippen LogP contribution in [0.3, 0.4) is 0 Å². The number of rotatable bonds is 3. The van der Waals surface area contributed by atoms with E-state index in [0.29, 0.717) is 11.3 Å². The van der Waals surface area contributed by atoms with E-state index in [0.717, 1.165) is 0 Å². The van der Waals surface area contributed by atoms with E-state index in [9.17, 15) is 10.1 Å². The van der Waals surface area contributed by atoms with Crippen LogP contribution < -0.4 is 4.74 Å². The lowest BCUT2D eigenvalue weighted by molar-refractivity contribution is -0.385. The van der Waals surface area contributed by atoms with Gasteiger partial charge in [0.05, 0.1) is 11.0 Å². The number of aliphatic hydroxyl groups excluding tert-OH is 1. The molecule has 0 bridgehead atoms. The molecule has 70 valence electrons. The van der Waals surface area contributed by atoms with Crippen LogP contribution in [-0.2, 0) is 0 Å². The van der Waals surface area contributed by atoms with Gasteiger partial charge in [-0.15, -0.1) is 0 Å². The van der Waals surface area contributed by atoms with E-state index < -0.39 is 11.7 Å². The third-order valence-corrected chi connectivity index (χ3v) is 1.61. The molecule has 0 unspecified atom stereocenters. The van der Waals surface area contributed by atoms with E-state index in [1.807, 2.05) is 0 Å². The Morgan fingerprint density at radius 2 is 2.31 bits per heavy atom. The van der Waals surface area contributed by atoms with Crippen molar-refractivity contribution in [3.63, 3.8) is 0 Å². The molecular weight excluding hydrogens is 174 g/mol. The van der Waals surface area contributed by atoms with Crippen LogP contribution in [0.15, 0.2) is 18.2 Å². The normalized spacial score (nSPS) is 9.69. The Morgan fingerprint density at radius 1 is 1.62 bits per heavy atom. The average Bonchev–Trinajstić information content (AvgIpc) is 2.08. The summed E-state index contributed by atoms with van der Waals surface area (Å²) in [7, 11) is 0. The third kappa shape index (κ3) is 2.16. The largest absolute Gasteiger partial charge is 0.468 e. The molecule has 5 nitrogen and oxygen atoms in total. The van der Waals surface area contributed by atoms with E-state index in [2.05, 4.69) is 0 Å². The summed E-state index contributed by atoms with van der Waals surface area (Å²) in [5.74, 6) is 0.291. The van der Waals surface area contributed by atoms with E-state index >= 15 is 0 Å². The molecule has 5 heteroatoms. The minimum atomic E-state index is -0.487. The van der Waals surface area contributed by atoms with Crippen molar-refractivity contribution in [2.75, 3.05) is 6.79 Å². The second kappa shape index (κ2) is 3.86. The van der Waals surface area contributed by atoms with Gasteiger partial charge in [-0.3, -0.25) is 10.1 Å². The summed E-state index contributed by atoms with van der Waals surface area (Å²) in [5.41, 5.74) is 0.557.